The minimum Gasteiger partial charge on any atom is -0.401 e. The van der Waals surface area contributed by atoms with Crippen LogP contribution in [0.3, 0.4) is 0 Å². The molecule has 2 rings (SSSR count). The minimum absolute atomic E-state index is 0.189. The zero-order valence-corrected chi connectivity index (χ0v) is 18.2. The van der Waals surface area contributed by atoms with Crippen molar-refractivity contribution in [1.29, 1.82) is 0 Å². The van der Waals surface area contributed by atoms with Crippen LogP contribution >= 0.6 is 23.1 Å². The van der Waals surface area contributed by atoms with E-state index in [4.69, 9.17) is 5.73 Å². The molecule has 1 saturated heterocycles. The highest BCUT2D eigenvalue weighted by atomic mass is 32.2. The highest BCUT2D eigenvalue weighted by Gasteiger charge is 2.16. The molecular weight excluding hydrogens is 380 g/mol. The molecular formula is C18H30N6OS2. The van der Waals surface area contributed by atoms with Gasteiger partial charge in [-0.1, -0.05) is 20.8 Å². The summed E-state index contributed by atoms with van der Waals surface area (Å²) in [6.07, 6.45) is 4.48. The van der Waals surface area contributed by atoms with Crippen LogP contribution in [0.15, 0.2) is 23.0 Å². The summed E-state index contributed by atoms with van der Waals surface area (Å²) in [5.74, 6) is 2.84. The first kappa shape index (κ1) is 21.7. The van der Waals surface area contributed by atoms with Gasteiger partial charge >= 0.3 is 6.03 Å². The lowest BCUT2D eigenvalue weighted by atomic mass is 9.92. The summed E-state index contributed by atoms with van der Waals surface area (Å²) < 4.78 is 0. The Balaban J connectivity index is 1.84. The Morgan fingerprint density at radius 1 is 1.41 bits per heavy atom. The molecule has 0 aromatic carbocycles. The van der Waals surface area contributed by atoms with Crippen LogP contribution in [-0.2, 0) is 6.42 Å². The zero-order valence-electron chi connectivity index (χ0n) is 16.5. The van der Waals surface area contributed by atoms with Crippen LogP contribution in [0, 0.1) is 5.41 Å². The molecule has 0 radical (unpaired) electrons. The lowest BCUT2D eigenvalue weighted by Gasteiger charge is -2.25. The van der Waals surface area contributed by atoms with Crippen LogP contribution < -0.4 is 16.4 Å². The number of amides is 2. The molecule has 1 aliphatic rings. The molecule has 0 bridgehead atoms. The van der Waals surface area contributed by atoms with Crippen molar-refractivity contribution in [3.8, 4) is 0 Å². The molecule has 0 spiro atoms. The molecule has 0 atom stereocenters. The number of rotatable bonds is 5. The number of nitrogens with one attached hydrogen (secondary N) is 2. The number of aromatic nitrogens is 1. The van der Waals surface area contributed by atoms with Gasteiger partial charge in [-0.2, -0.15) is 11.8 Å². The molecule has 2 heterocycles. The molecule has 9 heteroatoms. The Morgan fingerprint density at radius 3 is 2.74 bits per heavy atom. The number of amidine groups is 1. The van der Waals surface area contributed by atoms with E-state index in [0.717, 1.165) is 26.1 Å². The van der Waals surface area contributed by atoms with Gasteiger partial charge in [-0.3, -0.25) is 15.6 Å². The molecule has 0 saturated carbocycles. The van der Waals surface area contributed by atoms with Crippen LogP contribution in [0.1, 0.15) is 25.6 Å². The topological polar surface area (TPSA) is 95.6 Å². The second-order valence-electron chi connectivity index (χ2n) is 7.37. The zero-order chi connectivity index (χ0) is 19.9. The molecule has 150 valence electrons. The van der Waals surface area contributed by atoms with Crippen LogP contribution in [0.2, 0.25) is 0 Å². The van der Waals surface area contributed by atoms with Crippen molar-refractivity contribution in [2.75, 3.05) is 43.5 Å². The third-order valence-corrected chi connectivity index (χ3v) is 6.11. The fourth-order valence-electron chi connectivity index (χ4n) is 2.34. The highest BCUT2D eigenvalue weighted by molar-refractivity contribution is 7.99. The van der Waals surface area contributed by atoms with E-state index < -0.39 is 0 Å². The monoisotopic (exact) mass is 410 g/mol. The van der Waals surface area contributed by atoms with Gasteiger partial charge < -0.3 is 10.6 Å². The highest BCUT2D eigenvalue weighted by Crippen LogP contribution is 2.21. The van der Waals surface area contributed by atoms with Gasteiger partial charge in [0.15, 0.2) is 5.13 Å². The molecule has 1 fully saturated rings. The second kappa shape index (κ2) is 10.1. The summed E-state index contributed by atoms with van der Waals surface area (Å²) in [6, 6.07) is -0.373. The van der Waals surface area contributed by atoms with Crippen molar-refractivity contribution in [3.05, 3.63) is 22.8 Å². The number of thioether (sulfide) groups is 1. The molecule has 1 aromatic rings. The summed E-state index contributed by atoms with van der Waals surface area (Å²) in [6.45, 7) is 9.37. The van der Waals surface area contributed by atoms with Gasteiger partial charge in [0.25, 0.3) is 0 Å². The number of carbonyl (C=O) groups is 1. The Morgan fingerprint density at radius 2 is 2.11 bits per heavy atom. The van der Waals surface area contributed by atoms with E-state index in [1.807, 2.05) is 38.7 Å². The molecule has 0 aliphatic carbocycles. The molecule has 27 heavy (non-hydrogen) atoms. The molecule has 0 unspecified atom stereocenters. The van der Waals surface area contributed by atoms with Crippen molar-refractivity contribution in [2.45, 2.75) is 27.2 Å². The van der Waals surface area contributed by atoms with Gasteiger partial charge in [-0.15, -0.1) is 11.3 Å². The van der Waals surface area contributed by atoms with Crippen LogP contribution in [0.5, 0.6) is 0 Å². The maximum absolute atomic E-state index is 12.2. The lowest BCUT2D eigenvalue weighted by molar-refractivity contribution is 0.256. The summed E-state index contributed by atoms with van der Waals surface area (Å²) in [4.78, 5) is 24.2. The summed E-state index contributed by atoms with van der Waals surface area (Å²) >= 11 is 3.52. The van der Waals surface area contributed by atoms with Gasteiger partial charge in [-0.05, 0) is 12.5 Å². The van der Waals surface area contributed by atoms with E-state index in [9.17, 15) is 4.79 Å². The fourth-order valence-corrected chi connectivity index (χ4v) is 4.11. The first-order chi connectivity index (χ1) is 12.8. The minimum atomic E-state index is -0.373. The van der Waals surface area contributed by atoms with Crippen molar-refractivity contribution in [1.82, 2.24) is 15.2 Å². The largest absolute Gasteiger partial charge is 0.401 e. The van der Waals surface area contributed by atoms with E-state index in [2.05, 4.69) is 25.5 Å². The predicted molar refractivity (Wildman–Crippen MR) is 117 cm³/mol. The first-order valence-electron chi connectivity index (χ1n) is 9.05. The number of urea groups is 1. The molecule has 2 amide bonds. The number of thiazole rings is 1. The average molecular weight is 411 g/mol. The second-order valence-corrected chi connectivity index (χ2v) is 9.71. The van der Waals surface area contributed by atoms with Gasteiger partial charge in [-0.25, -0.2) is 9.78 Å². The van der Waals surface area contributed by atoms with Gasteiger partial charge in [0.1, 0.15) is 5.84 Å². The van der Waals surface area contributed by atoms with Crippen molar-refractivity contribution in [3.63, 3.8) is 0 Å². The molecule has 1 aromatic heterocycles. The number of nitrogens with two attached hydrogens (primary N) is 1. The standard InChI is InChI=1S/C18H30N6OS2/c1-18(2,3)14(19)11-15(20-4)22-16(25)23-17-21-12-13(27-17)5-6-24-7-9-26-10-8-24/h11-12H,5-10,19H2,1-4H3,(H2,20,21,22,23,25). The van der Waals surface area contributed by atoms with Gasteiger partial charge in [0.05, 0.1) is 0 Å². The SMILES string of the molecule is CN=C(C=C(N)C(C)(C)C)NC(=O)Nc1ncc(CCN2CCSCC2)s1. The summed E-state index contributed by atoms with van der Waals surface area (Å²) in [5.41, 5.74) is 6.51. The lowest BCUT2D eigenvalue weighted by Crippen LogP contribution is -2.34. The van der Waals surface area contributed by atoms with Crippen molar-refractivity contribution < 1.29 is 4.79 Å². The summed E-state index contributed by atoms with van der Waals surface area (Å²) in [7, 11) is 1.61. The number of anilines is 1. The smallest absolute Gasteiger partial charge is 0.326 e. The van der Waals surface area contributed by atoms with Crippen LogP contribution in [0.25, 0.3) is 0 Å². The number of aliphatic imine (C=N–C) groups is 1. The molecule has 4 N–H and O–H groups in total. The van der Waals surface area contributed by atoms with E-state index in [0.29, 0.717) is 16.7 Å². The molecule has 7 nitrogen and oxygen atoms in total. The maximum Gasteiger partial charge on any atom is 0.326 e. The normalized spacial score (nSPS) is 17.0. The van der Waals surface area contributed by atoms with Crippen molar-refractivity contribution >= 4 is 40.1 Å². The number of hydrogen-bond donors (Lipinski definition) is 3. The predicted octanol–water partition coefficient (Wildman–Crippen LogP) is 2.77. The van der Waals surface area contributed by atoms with Crippen LogP contribution in [0.4, 0.5) is 9.93 Å². The number of carbonyl (C=O) groups excluding carboxylic acids is 1. The van der Waals surface area contributed by atoms with E-state index in [1.165, 1.54) is 27.7 Å². The van der Waals surface area contributed by atoms with Gasteiger partial charge in [0.2, 0.25) is 0 Å². The van der Waals surface area contributed by atoms with Crippen molar-refractivity contribution in [2.24, 2.45) is 16.1 Å². The van der Waals surface area contributed by atoms with Crippen LogP contribution in [-0.4, -0.2) is 59.9 Å². The maximum atomic E-state index is 12.2. The first-order valence-corrected chi connectivity index (χ1v) is 11.0. The Bertz CT molecular complexity index is 686. The Kier molecular flexibility index (Phi) is 8.12. The summed E-state index contributed by atoms with van der Waals surface area (Å²) in [5, 5.41) is 6.06. The average Bonchev–Trinajstić information content (AvgIpc) is 3.06. The van der Waals surface area contributed by atoms with E-state index in [-0.39, 0.29) is 11.4 Å². The number of nitrogens with zero attached hydrogens (tertiary/aromatic N) is 3. The number of allylic oxidation sites excluding steroid dienone is 1. The third-order valence-electron chi connectivity index (χ3n) is 4.19. The Labute approximate surface area is 169 Å². The van der Waals surface area contributed by atoms with Gasteiger partial charge in [0, 0.05) is 60.4 Å². The third kappa shape index (κ3) is 7.51. The Hall–Kier alpha value is -1.58. The quantitative estimate of drug-likeness (QED) is 0.512. The fraction of sp³-hybridized carbons (Fsp3) is 0.611. The molecule has 1 aliphatic heterocycles. The van der Waals surface area contributed by atoms with E-state index >= 15 is 0 Å². The van der Waals surface area contributed by atoms with E-state index in [1.54, 1.807) is 13.1 Å². The number of hydrogen-bond acceptors (Lipinski definition) is 7.